The highest BCUT2D eigenvalue weighted by molar-refractivity contribution is 5.95. The highest BCUT2D eigenvalue weighted by atomic mass is 16.6. The zero-order valence-electron chi connectivity index (χ0n) is 13.4. The third kappa shape index (κ3) is 2.26. The molecule has 7 heteroatoms. The number of amides is 1. The van der Waals surface area contributed by atoms with Crippen LogP contribution in [0.3, 0.4) is 0 Å². The molecule has 0 spiro atoms. The first-order valence-electron chi connectivity index (χ1n) is 7.61. The summed E-state index contributed by atoms with van der Waals surface area (Å²) in [6.07, 6.45) is 1.09. The second-order valence-corrected chi connectivity index (χ2v) is 6.89. The number of benzene rings is 1. The number of carbonyl (C=O) groups excluding carboxylic acids is 1. The SMILES string of the molecule is CN(C(=O)c1ccc(O)c([N+](=O)[O-])c1)C1C2CCOC2C1(C)C. The zero-order valence-corrected chi connectivity index (χ0v) is 13.4. The van der Waals surface area contributed by atoms with Gasteiger partial charge in [-0.2, -0.15) is 0 Å². The number of carbonyl (C=O) groups is 1. The number of phenols is 1. The van der Waals surface area contributed by atoms with Crippen LogP contribution in [0.5, 0.6) is 5.75 Å². The van der Waals surface area contributed by atoms with Crippen LogP contribution in [0.15, 0.2) is 18.2 Å². The summed E-state index contributed by atoms with van der Waals surface area (Å²) in [5.41, 5.74) is -0.400. The molecule has 1 amide bonds. The number of hydrogen-bond donors (Lipinski definition) is 1. The van der Waals surface area contributed by atoms with E-state index < -0.39 is 16.4 Å². The third-order valence-electron chi connectivity index (χ3n) is 5.20. The number of nitro groups is 1. The van der Waals surface area contributed by atoms with Crippen molar-refractivity contribution >= 4 is 11.6 Å². The second kappa shape index (κ2) is 5.19. The fourth-order valence-corrected chi connectivity index (χ4v) is 4.22. The van der Waals surface area contributed by atoms with Gasteiger partial charge in [0.05, 0.1) is 11.0 Å². The van der Waals surface area contributed by atoms with Gasteiger partial charge in [-0.25, -0.2) is 0 Å². The van der Waals surface area contributed by atoms with E-state index in [1.165, 1.54) is 12.1 Å². The van der Waals surface area contributed by atoms with Crippen LogP contribution < -0.4 is 0 Å². The number of rotatable bonds is 3. The fraction of sp³-hybridized carbons (Fsp3) is 0.562. The molecule has 3 rings (SSSR count). The summed E-state index contributed by atoms with van der Waals surface area (Å²) in [5.74, 6) is -0.412. The largest absolute Gasteiger partial charge is 0.502 e. The van der Waals surface area contributed by atoms with E-state index >= 15 is 0 Å². The first kappa shape index (κ1) is 15.7. The van der Waals surface area contributed by atoms with Crippen LogP contribution in [0.1, 0.15) is 30.6 Å². The Morgan fingerprint density at radius 1 is 1.48 bits per heavy atom. The van der Waals surface area contributed by atoms with Gasteiger partial charge in [0.25, 0.3) is 5.91 Å². The molecule has 0 bridgehead atoms. The van der Waals surface area contributed by atoms with Crippen molar-refractivity contribution in [3.63, 3.8) is 0 Å². The van der Waals surface area contributed by atoms with Gasteiger partial charge in [-0.15, -0.1) is 0 Å². The Morgan fingerprint density at radius 3 is 2.83 bits per heavy atom. The van der Waals surface area contributed by atoms with Crippen molar-refractivity contribution in [1.29, 1.82) is 0 Å². The van der Waals surface area contributed by atoms with E-state index in [1.54, 1.807) is 11.9 Å². The highest BCUT2D eigenvalue weighted by Crippen LogP contribution is 2.54. The van der Waals surface area contributed by atoms with Crippen molar-refractivity contribution < 1.29 is 19.6 Å². The van der Waals surface area contributed by atoms with E-state index in [9.17, 15) is 20.0 Å². The quantitative estimate of drug-likeness (QED) is 0.680. The average Bonchev–Trinajstić information content (AvgIpc) is 2.92. The smallest absolute Gasteiger partial charge is 0.311 e. The first-order valence-corrected chi connectivity index (χ1v) is 7.61. The molecule has 1 N–H and O–H groups in total. The molecule has 23 heavy (non-hydrogen) atoms. The molecule has 2 fully saturated rings. The maximum atomic E-state index is 12.7. The van der Waals surface area contributed by atoms with Gasteiger partial charge in [-0.1, -0.05) is 13.8 Å². The lowest BCUT2D eigenvalue weighted by atomic mass is 9.56. The van der Waals surface area contributed by atoms with Crippen molar-refractivity contribution in [2.24, 2.45) is 11.3 Å². The van der Waals surface area contributed by atoms with Crippen molar-refractivity contribution in [3.05, 3.63) is 33.9 Å². The van der Waals surface area contributed by atoms with Crippen molar-refractivity contribution in [3.8, 4) is 5.75 Å². The molecule has 2 aliphatic rings. The first-order chi connectivity index (χ1) is 10.7. The van der Waals surface area contributed by atoms with Crippen molar-refractivity contribution in [2.45, 2.75) is 32.4 Å². The Kier molecular flexibility index (Phi) is 3.55. The third-order valence-corrected chi connectivity index (χ3v) is 5.20. The predicted octanol–water partition coefficient (Wildman–Crippen LogP) is 2.19. The molecule has 0 aromatic heterocycles. The molecule has 1 aliphatic carbocycles. The Bertz CT molecular complexity index is 672. The zero-order chi connectivity index (χ0) is 16.9. The van der Waals surface area contributed by atoms with Gasteiger partial charge in [-0.3, -0.25) is 14.9 Å². The molecule has 124 valence electrons. The summed E-state index contributed by atoms with van der Waals surface area (Å²) in [4.78, 5) is 24.6. The van der Waals surface area contributed by atoms with Crippen LogP contribution in [0.4, 0.5) is 5.69 Å². The standard InChI is InChI=1S/C16H20N2O5/c1-16(2)13(10-6-7-23-14(10)16)17(3)15(20)9-4-5-12(19)11(8-9)18(21)22/h4-5,8,10,13-14,19H,6-7H2,1-3H3. The van der Waals surface area contributed by atoms with E-state index in [-0.39, 0.29) is 29.0 Å². The van der Waals surface area contributed by atoms with Crippen molar-refractivity contribution in [1.82, 2.24) is 4.90 Å². The minimum absolute atomic E-state index is 0.0374. The monoisotopic (exact) mass is 320 g/mol. The van der Waals surface area contributed by atoms with Gasteiger partial charge in [0.2, 0.25) is 0 Å². The molecule has 3 atom stereocenters. The molecule has 1 saturated heterocycles. The van der Waals surface area contributed by atoms with Gasteiger partial charge in [0, 0.05) is 42.7 Å². The van der Waals surface area contributed by atoms with Crippen LogP contribution in [0.25, 0.3) is 0 Å². The predicted molar refractivity (Wildman–Crippen MR) is 82.3 cm³/mol. The van der Waals surface area contributed by atoms with E-state index in [4.69, 9.17) is 4.74 Å². The van der Waals surface area contributed by atoms with Gasteiger partial charge in [0.15, 0.2) is 5.75 Å². The van der Waals surface area contributed by atoms with Crippen LogP contribution in [-0.2, 0) is 4.74 Å². The number of hydrogen-bond acceptors (Lipinski definition) is 5. The Labute approximate surface area is 134 Å². The highest BCUT2D eigenvalue weighted by Gasteiger charge is 2.61. The molecular weight excluding hydrogens is 300 g/mol. The minimum atomic E-state index is -0.694. The summed E-state index contributed by atoms with van der Waals surface area (Å²) in [6, 6.07) is 3.76. The number of nitro benzene ring substituents is 1. The molecule has 1 heterocycles. The van der Waals surface area contributed by atoms with Crippen LogP contribution >= 0.6 is 0 Å². The van der Waals surface area contributed by atoms with E-state index in [2.05, 4.69) is 13.8 Å². The summed E-state index contributed by atoms with van der Waals surface area (Å²) in [6.45, 7) is 4.86. The summed E-state index contributed by atoms with van der Waals surface area (Å²) >= 11 is 0. The number of fused-ring (bicyclic) bond motifs is 1. The average molecular weight is 320 g/mol. The molecule has 1 aromatic carbocycles. The Hall–Kier alpha value is -2.15. The maximum absolute atomic E-state index is 12.7. The second-order valence-electron chi connectivity index (χ2n) is 6.89. The van der Waals surface area contributed by atoms with Crippen molar-refractivity contribution in [2.75, 3.05) is 13.7 Å². The number of nitrogens with zero attached hydrogens (tertiary/aromatic N) is 2. The lowest BCUT2D eigenvalue weighted by molar-refractivity contribution is -0.385. The molecule has 7 nitrogen and oxygen atoms in total. The molecule has 3 unspecified atom stereocenters. The van der Waals surface area contributed by atoms with Gasteiger partial charge >= 0.3 is 5.69 Å². The van der Waals surface area contributed by atoms with E-state index in [0.29, 0.717) is 12.5 Å². The lowest BCUT2D eigenvalue weighted by Gasteiger charge is -2.57. The topological polar surface area (TPSA) is 92.9 Å². The van der Waals surface area contributed by atoms with Gasteiger partial charge in [-0.05, 0) is 18.6 Å². The number of phenolic OH excluding ortho intramolecular Hbond substituents is 1. The van der Waals surface area contributed by atoms with Crippen LogP contribution in [-0.4, -0.2) is 46.6 Å². The number of ether oxygens (including phenoxy) is 1. The lowest BCUT2D eigenvalue weighted by Crippen LogP contribution is -2.66. The fourth-order valence-electron chi connectivity index (χ4n) is 4.22. The van der Waals surface area contributed by atoms with Gasteiger partial charge < -0.3 is 14.7 Å². The van der Waals surface area contributed by atoms with Crippen LogP contribution in [0.2, 0.25) is 0 Å². The number of aromatic hydroxyl groups is 1. The molecular formula is C16H20N2O5. The van der Waals surface area contributed by atoms with Crippen LogP contribution in [0, 0.1) is 21.4 Å². The van der Waals surface area contributed by atoms with Gasteiger partial charge in [0.1, 0.15) is 0 Å². The summed E-state index contributed by atoms with van der Waals surface area (Å²) < 4.78 is 5.74. The molecule has 0 radical (unpaired) electrons. The molecule has 1 aliphatic heterocycles. The van der Waals surface area contributed by atoms with E-state index in [1.807, 2.05) is 0 Å². The molecule has 1 saturated carbocycles. The maximum Gasteiger partial charge on any atom is 0.311 e. The Balaban J connectivity index is 1.86. The van der Waals surface area contributed by atoms with E-state index in [0.717, 1.165) is 12.5 Å². The summed E-state index contributed by atoms with van der Waals surface area (Å²) in [5, 5.41) is 20.4. The Morgan fingerprint density at radius 2 is 2.17 bits per heavy atom. The normalized spacial score (nSPS) is 27.9. The summed E-state index contributed by atoms with van der Waals surface area (Å²) in [7, 11) is 1.72. The minimum Gasteiger partial charge on any atom is -0.502 e. The molecule has 1 aromatic rings.